The fourth-order valence-corrected chi connectivity index (χ4v) is 2.91. The van der Waals surface area contributed by atoms with Gasteiger partial charge in [0.2, 0.25) is 0 Å². The highest BCUT2D eigenvalue weighted by Crippen LogP contribution is 2.18. The lowest BCUT2D eigenvalue weighted by Crippen LogP contribution is -2.23. The summed E-state index contributed by atoms with van der Waals surface area (Å²) >= 11 is 7.03. The number of nitrogens with zero attached hydrogens (tertiary/aromatic N) is 2. The Hall–Kier alpha value is -2.97. The highest BCUT2D eigenvalue weighted by Gasteiger charge is 2.12. The number of urea groups is 1. The number of benzene rings is 1. The zero-order valence-electron chi connectivity index (χ0n) is 13.4. The average Bonchev–Trinajstić information content (AvgIpc) is 3.09. The van der Waals surface area contributed by atoms with E-state index in [1.165, 1.54) is 0 Å². The zero-order chi connectivity index (χ0) is 18.4. The van der Waals surface area contributed by atoms with Crippen molar-refractivity contribution < 1.29 is 9.59 Å². The molecule has 0 atom stereocenters. The van der Waals surface area contributed by atoms with E-state index in [1.54, 1.807) is 42.0 Å². The summed E-state index contributed by atoms with van der Waals surface area (Å²) in [6.07, 6.45) is 3.32. The number of amides is 3. The van der Waals surface area contributed by atoms with Crippen molar-refractivity contribution in [1.29, 1.82) is 0 Å². The molecule has 3 N–H and O–H groups in total. The maximum atomic E-state index is 12.1. The van der Waals surface area contributed by atoms with Gasteiger partial charge in [0.05, 0.1) is 0 Å². The Morgan fingerprint density at radius 1 is 1.12 bits per heavy atom. The molecule has 9 heteroatoms. The molecule has 2 aromatic heterocycles. The molecule has 1 aromatic carbocycles. The van der Waals surface area contributed by atoms with E-state index in [-0.39, 0.29) is 11.6 Å². The summed E-state index contributed by atoms with van der Waals surface area (Å²) in [6.45, 7) is 0.372. The summed E-state index contributed by atoms with van der Waals surface area (Å²) in [5.41, 5.74) is 1.73. The summed E-state index contributed by atoms with van der Waals surface area (Å²) in [6, 6.07) is 9.94. The Balaban J connectivity index is 1.53. The van der Waals surface area contributed by atoms with Gasteiger partial charge in [-0.25, -0.2) is 9.78 Å². The van der Waals surface area contributed by atoms with Gasteiger partial charge in [-0.3, -0.25) is 15.1 Å². The summed E-state index contributed by atoms with van der Waals surface area (Å²) in [5, 5.41) is 10.4. The van der Waals surface area contributed by atoms with E-state index in [9.17, 15) is 9.59 Å². The second-order valence-electron chi connectivity index (χ2n) is 5.17. The van der Waals surface area contributed by atoms with Crippen LogP contribution in [0.3, 0.4) is 0 Å². The summed E-state index contributed by atoms with van der Waals surface area (Å²) in [4.78, 5) is 32.1. The van der Waals surface area contributed by atoms with Gasteiger partial charge in [0.25, 0.3) is 5.91 Å². The molecule has 0 aliphatic rings. The van der Waals surface area contributed by atoms with E-state index in [4.69, 9.17) is 11.6 Å². The third-order valence-corrected chi connectivity index (χ3v) is 4.24. The number of hydrogen-bond acceptors (Lipinski definition) is 5. The predicted molar refractivity (Wildman–Crippen MR) is 102 cm³/mol. The van der Waals surface area contributed by atoms with Gasteiger partial charge in [-0.15, -0.1) is 11.3 Å². The molecule has 0 unspecified atom stereocenters. The molecule has 0 spiro atoms. The maximum Gasteiger partial charge on any atom is 0.325 e. The maximum absolute atomic E-state index is 12.1. The van der Waals surface area contributed by atoms with Crippen LogP contribution < -0.4 is 16.0 Å². The lowest BCUT2D eigenvalue weighted by atomic mass is 10.2. The second-order valence-corrected chi connectivity index (χ2v) is 6.46. The van der Waals surface area contributed by atoms with E-state index in [1.807, 2.05) is 12.1 Å². The fraction of sp³-hybridized carbons (Fsp3) is 0.0588. The monoisotopic (exact) mass is 387 g/mol. The number of rotatable bonds is 5. The van der Waals surface area contributed by atoms with Crippen LogP contribution in [0.1, 0.15) is 16.1 Å². The normalized spacial score (nSPS) is 10.2. The second kappa shape index (κ2) is 8.41. The van der Waals surface area contributed by atoms with Crippen molar-refractivity contribution in [1.82, 2.24) is 15.3 Å². The molecular formula is C17H14ClN5O2S. The minimum absolute atomic E-state index is 0.238. The van der Waals surface area contributed by atoms with E-state index in [0.717, 1.165) is 16.9 Å². The van der Waals surface area contributed by atoms with Crippen LogP contribution >= 0.6 is 22.9 Å². The van der Waals surface area contributed by atoms with Crippen molar-refractivity contribution in [2.75, 3.05) is 10.6 Å². The fourth-order valence-electron chi connectivity index (χ4n) is 2.03. The van der Waals surface area contributed by atoms with Crippen molar-refractivity contribution in [2.24, 2.45) is 0 Å². The third-order valence-electron chi connectivity index (χ3n) is 3.24. The number of carbonyl (C=O) groups is 2. The molecule has 2 heterocycles. The highest BCUT2D eigenvalue weighted by atomic mass is 35.5. The number of hydrogen-bond donors (Lipinski definition) is 3. The first-order valence-corrected chi connectivity index (χ1v) is 8.82. The molecule has 0 bridgehead atoms. The first kappa shape index (κ1) is 17.8. The van der Waals surface area contributed by atoms with E-state index in [0.29, 0.717) is 22.4 Å². The smallest absolute Gasteiger partial charge is 0.325 e. The minimum atomic E-state index is -0.467. The molecule has 3 rings (SSSR count). The Morgan fingerprint density at radius 3 is 2.69 bits per heavy atom. The number of thiazole rings is 1. The number of pyridine rings is 1. The molecule has 0 aliphatic heterocycles. The number of carbonyl (C=O) groups excluding carboxylic acids is 2. The molecule has 0 radical (unpaired) electrons. The van der Waals surface area contributed by atoms with Crippen LogP contribution in [0, 0.1) is 0 Å². The Kier molecular flexibility index (Phi) is 5.77. The van der Waals surface area contributed by atoms with Gasteiger partial charge in [-0.05, 0) is 35.9 Å². The summed E-state index contributed by atoms with van der Waals surface area (Å²) < 4.78 is 0. The number of halogens is 1. The number of anilines is 2. The van der Waals surface area contributed by atoms with Crippen LogP contribution in [0.5, 0.6) is 0 Å². The van der Waals surface area contributed by atoms with Gasteiger partial charge in [0.15, 0.2) is 5.13 Å². The molecule has 0 aliphatic carbocycles. The van der Waals surface area contributed by atoms with E-state index < -0.39 is 6.03 Å². The molecule has 3 aromatic rings. The SMILES string of the molecule is O=C(Nc1cccc(Cl)c1)Nc1nc(C(=O)NCc2ccncc2)cs1. The van der Waals surface area contributed by atoms with Gasteiger partial charge in [-0.2, -0.15) is 0 Å². The Morgan fingerprint density at radius 2 is 1.92 bits per heavy atom. The molecule has 132 valence electrons. The van der Waals surface area contributed by atoms with E-state index in [2.05, 4.69) is 25.9 Å². The Labute approximate surface area is 158 Å². The van der Waals surface area contributed by atoms with Gasteiger partial charge in [0, 0.05) is 35.0 Å². The predicted octanol–water partition coefficient (Wildman–Crippen LogP) is 3.77. The van der Waals surface area contributed by atoms with Crippen LogP contribution in [0.25, 0.3) is 0 Å². The van der Waals surface area contributed by atoms with Crippen LogP contribution in [0.15, 0.2) is 54.2 Å². The summed E-state index contributed by atoms with van der Waals surface area (Å²) in [7, 11) is 0. The topological polar surface area (TPSA) is 96.0 Å². The molecule has 0 saturated carbocycles. The first-order chi connectivity index (χ1) is 12.6. The van der Waals surface area contributed by atoms with Crippen molar-refractivity contribution in [2.45, 2.75) is 6.54 Å². The molecule has 0 fully saturated rings. The van der Waals surface area contributed by atoms with Crippen molar-refractivity contribution in [3.05, 3.63) is 70.5 Å². The van der Waals surface area contributed by atoms with Gasteiger partial charge in [0.1, 0.15) is 5.69 Å². The number of nitrogens with one attached hydrogen (secondary N) is 3. The van der Waals surface area contributed by atoms with Crippen LogP contribution in [-0.2, 0) is 6.54 Å². The lowest BCUT2D eigenvalue weighted by Gasteiger charge is -2.05. The minimum Gasteiger partial charge on any atom is -0.347 e. The van der Waals surface area contributed by atoms with Crippen LogP contribution in [0.2, 0.25) is 5.02 Å². The molecular weight excluding hydrogens is 374 g/mol. The van der Waals surface area contributed by atoms with Gasteiger partial charge < -0.3 is 10.6 Å². The quantitative estimate of drug-likeness (QED) is 0.621. The Bertz CT molecular complexity index is 916. The van der Waals surface area contributed by atoms with Crippen molar-refractivity contribution >= 4 is 45.7 Å². The zero-order valence-corrected chi connectivity index (χ0v) is 15.0. The summed E-state index contributed by atoms with van der Waals surface area (Å²) in [5.74, 6) is -0.318. The molecule has 7 nitrogen and oxygen atoms in total. The first-order valence-electron chi connectivity index (χ1n) is 7.56. The molecule has 0 saturated heterocycles. The standard InChI is InChI=1S/C17H14ClN5O2S/c18-12-2-1-3-13(8-12)21-16(25)23-17-22-14(10-26-17)15(24)20-9-11-4-6-19-7-5-11/h1-8,10H,9H2,(H,20,24)(H2,21,22,23,25). The third kappa shape index (κ3) is 5.01. The average molecular weight is 388 g/mol. The largest absolute Gasteiger partial charge is 0.347 e. The van der Waals surface area contributed by atoms with Gasteiger partial charge in [-0.1, -0.05) is 17.7 Å². The van der Waals surface area contributed by atoms with E-state index >= 15 is 0 Å². The molecule has 26 heavy (non-hydrogen) atoms. The van der Waals surface area contributed by atoms with Crippen molar-refractivity contribution in [3.63, 3.8) is 0 Å². The van der Waals surface area contributed by atoms with Gasteiger partial charge >= 0.3 is 6.03 Å². The van der Waals surface area contributed by atoms with Crippen LogP contribution in [-0.4, -0.2) is 21.9 Å². The lowest BCUT2D eigenvalue weighted by molar-refractivity contribution is 0.0946. The highest BCUT2D eigenvalue weighted by molar-refractivity contribution is 7.14. The number of aromatic nitrogens is 2. The van der Waals surface area contributed by atoms with Crippen LogP contribution in [0.4, 0.5) is 15.6 Å². The molecule has 3 amide bonds. The van der Waals surface area contributed by atoms with Crippen molar-refractivity contribution in [3.8, 4) is 0 Å².